The molecule has 0 fully saturated rings. The van der Waals surface area contributed by atoms with Gasteiger partial charge in [-0.15, -0.1) is 13.2 Å². The molecule has 0 atom stereocenters. The summed E-state index contributed by atoms with van der Waals surface area (Å²) in [5.74, 6) is -0.909. The first-order valence-corrected chi connectivity index (χ1v) is 10.5. The van der Waals surface area contributed by atoms with Gasteiger partial charge in [0.05, 0.1) is 11.4 Å². The fourth-order valence-electron chi connectivity index (χ4n) is 3.59. The minimum absolute atomic E-state index is 0.107. The molecular formula is C26H17F3N4O2. The number of aromatic nitrogens is 3. The van der Waals surface area contributed by atoms with Crippen molar-refractivity contribution >= 4 is 17.2 Å². The van der Waals surface area contributed by atoms with Crippen LogP contribution < -0.4 is 10.1 Å². The van der Waals surface area contributed by atoms with E-state index in [1.807, 2.05) is 66.7 Å². The highest BCUT2D eigenvalue weighted by Gasteiger charge is 2.31. The van der Waals surface area contributed by atoms with Crippen molar-refractivity contribution in [3.63, 3.8) is 0 Å². The van der Waals surface area contributed by atoms with E-state index in [2.05, 4.69) is 20.1 Å². The van der Waals surface area contributed by atoms with Crippen LogP contribution in [0.1, 0.15) is 10.5 Å². The Morgan fingerprint density at radius 2 is 1.46 bits per heavy atom. The van der Waals surface area contributed by atoms with Crippen molar-refractivity contribution < 1.29 is 22.7 Å². The maximum Gasteiger partial charge on any atom is 0.573 e. The van der Waals surface area contributed by atoms with E-state index < -0.39 is 12.3 Å². The van der Waals surface area contributed by atoms with Crippen LogP contribution in [0.15, 0.2) is 97.1 Å². The molecule has 1 amide bonds. The number of nitrogens with zero attached hydrogens (tertiary/aromatic N) is 3. The molecule has 1 N–H and O–H groups in total. The van der Waals surface area contributed by atoms with Crippen LogP contribution in [0.25, 0.3) is 28.2 Å². The predicted molar refractivity (Wildman–Crippen MR) is 125 cm³/mol. The second-order valence-electron chi connectivity index (χ2n) is 7.58. The van der Waals surface area contributed by atoms with E-state index in [9.17, 15) is 18.0 Å². The van der Waals surface area contributed by atoms with Crippen LogP contribution in [-0.2, 0) is 0 Å². The molecule has 0 saturated heterocycles. The van der Waals surface area contributed by atoms with Gasteiger partial charge in [-0.25, -0.2) is 9.50 Å². The average Bonchev–Trinajstić information content (AvgIpc) is 3.29. The molecule has 6 nitrogen and oxygen atoms in total. The summed E-state index contributed by atoms with van der Waals surface area (Å²) >= 11 is 0. The Morgan fingerprint density at radius 1 is 0.829 bits per heavy atom. The Morgan fingerprint density at radius 3 is 2.09 bits per heavy atom. The zero-order valence-corrected chi connectivity index (χ0v) is 18.0. The first-order valence-electron chi connectivity index (χ1n) is 10.5. The number of ether oxygens (including phenoxy) is 1. The van der Waals surface area contributed by atoms with Crippen LogP contribution in [-0.4, -0.2) is 26.9 Å². The number of alkyl halides is 3. The van der Waals surface area contributed by atoms with Gasteiger partial charge >= 0.3 is 6.36 Å². The maximum atomic E-state index is 12.9. The van der Waals surface area contributed by atoms with E-state index in [1.54, 1.807) is 10.6 Å². The third-order valence-corrected chi connectivity index (χ3v) is 5.14. The van der Waals surface area contributed by atoms with Gasteiger partial charge in [0.15, 0.2) is 11.3 Å². The molecule has 0 unspecified atom stereocenters. The fraction of sp³-hybridized carbons (Fsp3) is 0.0385. The molecule has 0 radical (unpaired) electrons. The molecule has 3 aromatic carbocycles. The predicted octanol–water partition coefficient (Wildman–Crippen LogP) is 6.21. The second kappa shape index (κ2) is 8.94. The van der Waals surface area contributed by atoms with E-state index in [0.717, 1.165) is 34.6 Å². The van der Waals surface area contributed by atoms with E-state index in [-0.39, 0.29) is 11.4 Å². The molecule has 0 aliphatic carbocycles. The van der Waals surface area contributed by atoms with Gasteiger partial charge in [-0.3, -0.25) is 4.79 Å². The lowest BCUT2D eigenvalue weighted by atomic mass is 10.1. The van der Waals surface area contributed by atoms with Gasteiger partial charge in [0.2, 0.25) is 0 Å². The SMILES string of the molecule is O=C(Nc1ccc(OC(F)(F)F)cc1)c1cc2nc(-c3ccccc3)cc(-c3ccccc3)n2n1. The van der Waals surface area contributed by atoms with E-state index >= 15 is 0 Å². The summed E-state index contributed by atoms with van der Waals surface area (Å²) < 4.78 is 42.5. The highest BCUT2D eigenvalue weighted by molar-refractivity contribution is 6.03. The van der Waals surface area contributed by atoms with Crippen molar-refractivity contribution in [3.05, 3.63) is 103 Å². The summed E-state index contributed by atoms with van der Waals surface area (Å²) in [6.07, 6.45) is -4.79. The van der Waals surface area contributed by atoms with Crippen molar-refractivity contribution in [2.24, 2.45) is 0 Å². The van der Waals surface area contributed by atoms with E-state index in [0.29, 0.717) is 11.3 Å². The third-order valence-electron chi connectivity index (χ3n) is 5.14. The molecule has 9 heteroatoms. The Balaban J connectivity index is 1.49. The summed E-state index contributed by atoms with van der Waals surface area (Å²) in [5.41, 5.74) is 4.17. The molecule has 174 valence electrons. The molecule has 0 bridgehead atoms. The van der Waals surface area contributed by atoms with Gasteiger partial charge in [0.1, 0.15) is 5.75 Å². The molecule has 0 aliphatic heterocycles. The molecule has 0 saturated carbocycles. The van der Waals surface area contributed by atoms with Crippen LogP contribution in [0.2, 0.25) is 0 Å². The van der Waals surface area contributed by atoms with Gasteiger partial charge in [-0.05, 0) is 30.3 Å². The van der Waals surface area contributed by atoms with Crippen LogP contribution in [0, 0.1) is 0 Å². The Labute approximate surface area is 197 Å². The number of halogens is 3. The first kappa shape index (κ1) is 22.1. The van der Waals surface area contributed by atoms with Crippen LogP contribution in [0.5, 0.6) is 5.75 Å². The second-order valence-corrected chi connectivity index (χ2v) is 7.58. The lowest BCUT2D eigenvalue weighted by molar-refractivity contribution is -0.274. The van der Waals surface area contributed by atoms with E-state index in [4.69, 9.17) is 0 Å². The number of carbonyl (C=O) groups excluding carboxylic acids is 1. The van der Waals surface area contributed by atoms with E-state index in [1.165, 1.54) is 12.1 Å². The van der Waals surface area contributed by atoms with Gasteiger partial charge in [0.25, 0.3) is 5.91 Å². The number of nitrogens with one attached hydrogen (secondary N) is 1. The molecule has 2 aromatic heterocycles. The lowest BCUT2D eigenvalue weighted by Gasteiger charge is -2.09. The average molecular weight is 474 g/mol. The molecule has 5 aromatic rings. The molecule has 0 aliphatic rings. The highest BCUT2D eigenvalue weighted by atomic mass is 19.4. The summed E-state index contributed by atoms with van der Waals surface area (Å²) in [5, 5.41) is 7.09. The minimum Gasteiger partial charge on any atom is -0.406 e. The number of benzene rings is 3. The summed E-state index contributed by atoms with van der Waals surface area (Å²) in [4.78, 5) is 17.6. The van der Waals surface area contributed by atoms with Crippen molar-refractivity contribution in [2.45, 2.75) is 6.36 Å². The van der Waals surface area contributed by atoms with Gasteiger partial charge in [-0.1, -0.05) is 60.7 Å². The Hall–Kier alpha value is -4.66. The van der Waals surface area contributed by atoms with Crippen LogP contribution >= 0.6 is 0 Å². The highest BCUT2D eigenvalue weighted by Crippen LogP contribution is 2.27. The number of rotatable bonds is 5. The van der Waals surface area contributed by atoms with Crippen molar-refractivity contribution in [1.29, 1.82) is 0 Å². The summed E-state index contributed by atoms with van der Waals surface area (Å²) in [6, 6.07) is 27.6. The smallest absolute Gasteiger partial charge is 0.406 e. The van der Waals surface area contributed by atoms with Crippen molar-refractivity contribution in [2.75, 3.05) is 5.32 Å². The number of hydrogen-bond acceptors (Lipinski definition) is 4. The van der Waals surface area contributed by atoms with Crippen LogP contribution in [0.4, 0.5) is 18.9 Å². The number of fused-ring (bicyclic) bond motifs is 1. The quantitative estimate of drug-likeness (QED) is 0.329. The van der Waals surface area contributed by atoms with Crippen LogP contribution in [0.3, 0.4) is 0 Å². The lowest BCUT2D eigenvalue weighted by Crippen LogP contribution is -2.17. The number of amides is 1. The first-order chi connectivity index (χ1) is 16.9. The minimum atomic E-state index is -4.79. The number of hydrogen-bond donors (Lipinski definition) is 1. The molecule has 5 rings (SSSR count). The molecule has 2 heterocycles. The maximum absolute atomic E-state index is 12.9. The zero-order chi connectivity index (χ0) is 24.4. The standard InChI is InChI=1S/C26H17F3N4O2/c27-26(28,29)35-20-13-11-19(12-14-20)30-25(34)22-16-24-31-21(17-7-3-1-4-8-17)15-23(33(24)32-22)18-9-5-2-6-10-18/h1-16H,(H,30,34). The summed E-state index contributed by atoms with van der Waals surface area (Å²) in [7, 11) is 0. The van der Waals surface area contributed by atoms with Gasteiger partial charge in [0, 0.05) is 22.9 Å². The molecule has 0 spiro atoms. The zero-order valence-electron chi connectivity index (χ0n) is 18.0. The van der Waals surface area contributed by atoms with Crippen molar-refractivity contribution in [3.8, 4) is 28.3 Å². The summed E-state index contributed by atoms with van der Waals surface area (Å²) in [6.45, 7) is 0. The number of carbonyl (C=O) groups is 1. The largest absolute Gasteiger partial charge is 0.573 e. The Kier molecular flexibility index (Phi) is 5.66. The Bertz CT molecular complexity index is 1480. The molecule has 35 heavy (non-hydrogen) atoms. The van der Waals surface area contributed by atoms with Crippen molar-refractivity contribution in [1.82, 2.24) is 14.6 Å². The van der Waals surface area contributed by atoms with Gasteiger partial charge in [-0.2, -0.15) is 5.10 Å². The normalized spacial score (nSPS) is 11.4. The molecular weight excluding hydrogens is 457 g/mol. The fourth-order valence-corrected chi connectivity index (χ4v) is 3.59. The third kappa shape index (κ3) is 4.98. The van der Waals surface area contributed by atoms with Gasteiger partial charge < -0.3 is 10.1 Å². The topological polar surface area (TPSA) is 68.5 Å². The number of anilines is 1. The monoisotopic (exact) mass is 474 g/mol.